The van der Waals surface area contributed by atoms with Gasteiger partial charge in [-0.1, -0.05) is 19.1 Å². The second-order valence-electron chi connectivity index (χ2n) is 4.34. The summed E-state index contributed by atoms with van der Waals surface area (Å²) >= 11 is 0. The minimum atomic E-state index is -0.360. The molecular formula is C14H13NO2. The van der Waals surface area contributed by atoms with Crippen LogP contribution in [0.25, 0.3) is 6.08 Å². The first-order valence-electron chi connectivity index (χ1n) is 5.53. The molecule has 1 aromatic carbocycles. The van der Waals surface area contributed by atoms with Crippen LogP contribution in [0.4, 0.5) is 5.69 Å². The number of non-ortho nitro benzene ring substituents is 1. The number of nitro benzene ring substituents is 1. The molecule has 1 aliphatic rings. The number of allylic oxidation sites excluding steroid dienone is 1. The first kappa shape index (κ1) is 11.4. The maximum Gasteiger partial charge on any atom is 0.269 e. The molecule has 0 N–H and O–H groups in total. The highest BCUT2D eigenvalue weighted by Gasteiger charge is 2.24. The Bertz CT molecular complexity index is 526. The summed E-state index contributed by atoms with van der Waals surface area (Å²) < 4.78 is 0. The topological polar surface area (TPSA) is 43.1 Å². The van der Waals surface area contributed by atoms with E-state index in [1.165, 1.54) is 6.07 Å². The van der Waals surface area contributed by atoms with E-state index < -0.39 is 0 Å². The van der Waals surface area contributed by atoms with Crippen molar-refractivity contribution in [3.63, 3.8) is 0 Å². The van der Waals surface area contributed by atoms with Gasteiger partial charge in [-0.15, -0.1) is 12.3 Å². The maximum atomic E-state index is 10.8. The molecule has 0 bridgehead atoms. The highest BCUT2D eigenvalue weighted by molar-refractivity contribution is 5.64. The third-order valence-electron chi connectivity index (χ3n) is 3.18. The van der Waals surface area contributed by atoms with Gasteiger partial charge in [-0.25, -0.2) is 0 Å². The molecule has 0 spiro atoms. The normalized spacial score (nSPS) is 18.5. The van der Waals surface area contributed by atoms with Crippen LogP contribution in [0.1, 0.15) is 30.4 Å². The molecular weight excluding hydrogens is 214 g/mol. The van der Waals surface area contributed by atoms with Crippen molar-refractivity contribution >= 4 is 11.8 Å². The third kappa shape index (κ3) is 2.07. The number of benzene rings is 1. The fourth-order valence-corrected chi connectivity index (χ4v) is 2.24. The molecule has 0 heterocycles. The lowest BCUT2D eigenvalue weighted by Crippen LogP contribution is -2.05. The molecule has 17 heavy (non-hydrogen) atoms. The van der Waals surface area contributed by atoms with E-state index in [0.717, 1.165) is 11.1 Å². The Kier molecular flexibility index (Phi) is 2.97. The second-order valence-corrected chi connectivity index (χ2v) is 4.34. The van der Waals surface area contributed by atoms with E-state index in [1.54, 1.807) is 12.1 Å². The summed E-state index contributed by atoms with van der Waals surface area (Å²) in [6.07, 6.45) is 10.1. The van der Waals surface area contributed by atoms with Crippen LogP contribution in [0.15, 0.2) is 24.3 Å². The minimum absolute atomic E-state index is 0.144. The summed E-state index contributed by atoms with van der Waals surface area (Å²) in [7, 11) is 0. The standard InChI is InChI=1S/C14H13NO2/c1-3-4-10(2)13-8-6-11-5-7-12(15(16)17)9-14(11)13/h1,5-10,13H,4H2,2H3. The molecule has 0 radical (unpaired) electrons. The van der Waals surface area contributed by atoms with Gasteiger partial charge in [0.15, 0.2) is 0 Å². The largest absolute Gasteiger partial charge is 0.269 e. The van der Waals surface area contributed by atoms with Crippen LogP contribution in [-0.4, -0.2) is 4.92 Å². The Morgan fingerprint density at radius 1 is 1.59 bits per heavy atom. The summed E-state index contributed by atoms with van der Waals surface area (Å²) in [6, 6.07) is 5.00. The number of hydrogen-bond donors (Lipinski definition) is 0. The van der Waals surface area contributed by atoms with Crippen molar-refractivity contribution in [2.45, 2.75) is 19.3 Å². The summed E-state index contributed by atoms with van der Waals surface area (Å²) in [5.41, 5.74) is 2.22. The third-order valence-corrected chi connectivity index (χ3v) is 3.18. The van der Waals surface area contributed by atoms with Crippen LogP contribution < -0.4 is 0 Å². The molecule has 0 amide bonds. The Hall–Kier alpha value is -2.08. The molecule has 2 unspecified atom stereocenters. The van der Waals surface area contributed by atoms with Gasteiger partial charge in [0.25, 0.3) is 5.69 Å². The summed E-state index contributed by atoms with van der Waals surface area (Å²) in [5.74, 6) is 3.15. The predicted octanol–water partition coefficient (Wildman–Crippen LogP) is 3.36. The molecule has 0 saturated carbocycles. The SMILES string of the molecule is C#CCC(C)C1C=Cc2ccc([N+](=O)[O-])cc21. The maximum absolute atomic E-state index is 10.8. The Labute approximate surface area is 100 Å². The molecule has 2 rings (SSSR count). The molecule has 1 aromatic rings. The van der Waals surface area contributed by atoms with Gasteiger partial charge in [0.05, 0.1) is 4.92 Å². The van der Waals surface area contributed by atoms with Crippen LogP contribution in [-0.2, 0) is 0 Å². The fourth-order valence-electron chi connectivity index (χ4n) is 2.24. The van der Waals surface area contributed by atoms with Crippen LogP contribution in [0.3, 0.4) is 0 Å². The highest BCUT2D eigenvalue weighted by atomic mass is 16.6. The number of hydrogen-bond acceptors (Lipinski definition) is 2. The zero-order valence-electron chi connectivity index (χ0n) is 9.59. The van der Waals surface area contributed by atoms with E-state index in [0.29, 0.717) is 12.3 Å². The van der Waals surface area contributed by atoms with Crippen molar-refractivity contribution in [2.75, 3.05) is 0 Å². The smallest absolute Gasteiger partial charge is 0.258 e. The van der Waals surface area contributed by atoms with Gasteiger partial charge in [-0.05, 0) is 23.1 Å². The minimum Gasteiger partial charge on any atom is -0.258 e. The average molecular weight is 227 g/mol. The van der Waals surface area contributed by atoms with Crippen LogP contribution in [0.2, 0.25) is 0 Å². The Balaban J connectivity index is 2.35. The van der Waals surface area contributed by atoms with E-state index in [4.69, 9.17) is 6.42 Å². The summed E-state index contributed by atoms with van der Waals surface area (Å²) in [4.78, 5) is 10.4. The van der Waals surface area contributed by atoms with Gasteiger partial charge in [-0.2, -0.15) is 0 Å². The molecule has 2 atom stereocenters. The van der Waals surface area contributed by atoms with Crippen molar-refractivity contribution < 1.29 is 4.92 Å². The van der Waals surface area contributed by atoms with Gasteiger partial charge in [-0.3, -0.25) is 10.1 Å². The lowest BCUT2D eigenvalue weighted by atomic mass is 9.87. The lowest BCUT2D eigenvalue weighted by Gasteiger charge is -2.16. The van der Waals surface area contributed by atoms with Crippen molar-refractivity contribution in [3.8, 4) is 12.3 Å². The summed E-state index contributed by atoms with van der Waals surface area (Å²) in [5, 5.41) is 10.8. The van der Waals surface area contributed by atoms with Crippen LogP contribution >= 0.6 is 0 Å². The highest BCUT2D eigenvalue weighted by Crippen LogP contribution is 2.38. The molecule has 0 aromatic heterocycles. The fraction of sp³-hybridized carbons (Fsp3) is 0.286. The van der Waals surface area contributed by atoms with E-state index in [2.05, 4.69) is 18.9 Å². The van der Waals surface area contributed by atoms with Gasteiger partial charge in [0.2, 0.25) is 0 Å². The number of rotatable bonds is 3. The molecule has 1 aliphatic carbocycles. The van der Waals surface area contributed by atoms with Crippen LogP contribution in [0.5, 0.6) is 0 Å². The number of fused-ring (bicyclic) bond motifs is 1. The van der Waals surface area contributed by atoms with E-state index in [-0.39, 0.29) is 16.5 Å². The van der Waals surface area contributed by atoms with Crippen molar-refractivity contribution in [1.82, 2.24) is 0 Å². The Morgan fingerprint density at radius 2 is 2.35 bits per heavy atom. The number of nitro groups is 1. The van der Waals surface area contributed by atoms with Crippen molar-refractivity contribution in [1.29, 1.82) is 0 Å². The first-order valence-corrected chi connectivity index (χ1v) is 5.53. The Morgan fingerprint density at radius 3 is 3.00 bits per heavy atom. The monoisotopic (exact) mass is 227 g/mol. The van der Waals surface area contributed by atoms with Gasteiger partial charge in [0.1, 0.15) is 0 Å². The molecule has 86 valence electrons. The van der Waals surface area contributed by atoms with Crippen molar-refractivity contribution in [3.05, 3.63) is 45.5 Å². The molecule has 0 aliphatic heterocycles. The first-order chi connectivity index (χ1) is 8.13. The number of terminal acetylenes is 1. The predicted molar refractivity (Wildman–Crippen MR) is 67.5 cm³/mol. The lowest BCUT2D eigenvalue weighted by molar-refractivity contribution is -0.384. The molecule has 3 nitrogen and oxygen atoms in total. The average Bonchev–Trinajstić information content (AvgIpc) is 2.71. The van der Waals surface area contributed by atoms with Crippen molar-refractivity contribution in [2.24, 2.45) is 5.92 Å². The van der Waals surface area contributed by atoms with Gasteiger partial charge in [0, 0.05) is 24.5 Å². The van der Waals surface area contributed by atoms with Crippen LogP contribution in [0, 0.1) is 28.4 Å². The second kappa shape index (κ2) is 4.42. The zero-order chi connectivity index (χ0) is 12.4. The molecule has 3 heteroatoms. The molecule has 0 saturated heterocycles. The van der Waals surface area contributed by atoms with E-state index in [9.17, 15) is 10.1 Å². The zero-order valence-corrected chi connectivity index (χ0v) is 9.59. The van der Waals surface area contributed by atoms with E-state index in [1.807, 2.05) is 6.08 Å². The quantitative estimate of drug-likeness (QED) is 0.451. The molecule has 0 fully saturated rings. The number of nitrogens with zero attached hydrogens (tertiary/aromatic N) is 1. The summed E-state index contributed by atoms with van der Waals surface area (Å²) in [6.45, 7) is 2.07. The van der Waals surface area contributed by atoms with E-state index >= 15 is 0 Å². The van der Waals surface area contributed by atoms with Gasteiger partial charge < -0.3 is 0 Å². The van der Waals surface area contributed by atoms with Gasteiger partial charge >= 0.3 is 0 Å².